The highest BCUT2D eigenvalue weighted by molar-refractivity contribution is 5.03. The number of hydrogen-bond donors (Lipinski definition) is 0. The molecule has 0 aromatic carbocycles. The SMILES string of the molecule is C(=C1CCCCC1)N1CCOCC1. The second kappa shape index (κ2) is 4.66. The van der Waals surface area contributed by atoms with Gasteiger partial charge in [-0.1, -0.05) is 12.0 Å². The van der Waals surface area contributed by atoms with E-state index in [0.29, 0.717) is 0 Å². The number of ether oxygens (including phenoxy) is 1. The summed E-state index contributed by atoms with van der Waals surface area (Å²) in [4.78, 5) is 2.42. The van der Waals surface area contributed by atoms with Gasteiger partial charge in [-0.05, 0) is 31.9 Å². The molecule has 1 aliphatic heterocycles. The molecule has 1 saturated carbocycles. The van der Waals surface area contributed by atoms with Crippen LogP contribution in [0, 0.1) is 0 Å². The molecule has 0 atom stereocenters. The van der Waals surface area contributed by atoms with E-state index in [-0.39, 0.29) is 0 Å². The van der Waals surface area contributed by atoms with Crippen LogP contribution >= 0.6 is 0 Å². The summed E-state index contributed by atoms with van der Waals surface area (Å²) < 4.78 is 5.32. The van der Waals surface area contributed by atoms with E-state index in [2.05, 4.69) is 11.1 Å². The number of allylic oxidation sites excluding steroid dienone is 1. The topological polar surface area (TPSA) is 12.5 Å². The number of nitrogens with zero attached hydrogens (tertiary/aromatic N) is 1. The first-order valence-electron chi connectivity index (χ1n) is 5.46. The average Bonchev–Trinajstić information content (AvgIpc) is 2.21. The van der Waals surface area contributed by atoms with Crippen LogP contribution < -0.4 is 0 Å². The molecule has 0 aromatic rings. The Hall–Kier alpha value is -0.500. The maximum absolute atomic E-state index is 5.32. The second-order valence-corrected chi connectivity index (χ2v) is 4.00. The van der Waals surface area contributed by atoms with E-state index in [1.165, 1.54) is 32.1 Å². The van der Waals surface area contributed by atoms with E-state index in [1.54, 1.807) is 5.57 Å². The summed E-state index contributed by atoms with van der Waals surface area (Å²) in [6.07, 6.45) is 9.28. The molecule has 0 radical (unpaired) electrons. The Morgan fingerprint density at radius 1 is 1.00 bits per heavy atom. The van der Waals surface area contributed by atoms with Crippen LogP contribution in [-0.4, -0.2) is 31.2 Å². The Kier molecular flexibility index (Phi) is 3.25. The monoisotopic (exact) mass is 181 g/mol. The van der Waals surface area contributed by atoms with E-state index in [1.807, 2.05) is 0 Å². The van der Waals surface area contributed by atoms with Crippen LogP contribution in [0.15, 0.2) is 11.8 Å². The average molecular weight is 181 g/mol. The minimum atomic E-state index is 0.907. The summed E-state index contributed by atoms with van der Waals surface area (Å²) >= 11 is 0. The normalized spacial score (nSPS) is 24.6. The van der Waals surface area contributed by atoms with Crippen molar-refractivity contribution in [1.82, 2.24) is 4.90 Å². The fraction of sp³-hybridized carbons (Fsp3) is 0.818. The first kappa shape index (κ1) is 9.07. The first-order chi connectivity index (χ1) is 6.45. The lowest BCUT2D eigenvalue weighted by Gasteiger charge is -2.27. The molecule has 2 nitrogen and oxygen atoms in total. The molecular formula is C11H19NO. The lowest BCUT2D eigenvalue weighted by atomic mass is 9.95. The smallest absolute Gasteiger partial charge is 0.0642 e. The van der Waals surface area contributed by atoms with Crippen molar-refractivity contribution in [2.45, 2.75) is 32.1 Å². The zero-order valence-electron chi connectivity index (χ0n) is 8.30. The molecule has 0 aromatic heterocycles. The zero-order chi connectivity index (χ0) is 8.93. The predicted octanol–water partition coefficient (Wildman–Crippen LogP) is 2.17. The molecule has 0 spiro atoms. The highest BCUT2D eigenvalue weighted by Crippen LogP contribution is 2.23. The van der Waals surface area contributed by atoms with Gasteiger partial charge in [0.2, 0.25) is 0 Å². The van der Waals surface area contributed by atoms with Gasteiger partial charge in [0.25, 0.3) is 0 Å². The largest absolute Gasteiger partial charge is 0.378 e. The maximum atomic E-state index is 5.32. The quantitative estimate of drug-likeness (QED) is 0.614. The molecule has 1 aliphatic carbocycles. The summed E-state index contributed by atoms with van der Waals surface area (Å²) in [5.41, 5.74) is 1.66. The van der Waals surface area contributed by atoms with E-state index in [9.17, 15) is 0 Å². The summed E-state index contributed by atoms with van der Waals surface area (Å²) in [6, 6.07) is 0. The van der Waals surface area contributed by atoms with Gasteiger partial charge in [-0.15, -0.1) is 0 Å². The third-order valence-electron chi connectivity index (χ3n) is 2.91. The van der Waals surface area contributed by atoms with Crippen molar-refractivity contribution >= 4 is 0 Å². The van der Waals surface area contributed by atoms with Crippen LogP contribution in [0.4, 0.5) is 0 Å². The van der Waals surface area contributed by atoms with Gasteiger partial charge in [0.05, 0.1) is 13.2 Å². The Labute approximate surface area is 80.6 Å². The van der Waals surface area contributed by atoms with Crippen molar-refractivity contribution in [3.05, 3.63) is 11.8 Å². The fourth-order valence-electron chi connectivity index (χ4n) is 2.10. The molecule has 2 fully saturated rings. The molecule has 74 valence electrons. The number of morpholine rings is 1. The van der Waals surface area contributed by atoms with Gasteiger partial charge in [-0.2, -0.15) is 0 Å². The zero-order valence-corrected chi connectivity index (χ0v) is 8.30. The fourth-order valence-corrected chi connectivity index (χ4v) is 2.10. The van der Waals surface area contributed by atoms with Crippen molar-refractivity contribution < 1.29 is 4.74 Å². The van der Waals surface area contributed by atoms with Crippen LogP contribution in [-0.2, 0) is 4.74 Å². The van der Waals surface area contributed by atoms with Crippen LogP contribution in [0.3, 0.4) is 0 Å². The molecule has 2 aliphatic rings. The second-order valence-electron chi connectivity index (χ2n) is 4.00. The van der Waals surface area contributed by atoms with Gasteiger partial charge in [0.1, 0.15) is 0 Å². The molecular weight excluding hydrogens is 162 g/mol. The summed E-state index contributed by atoms with van der Waals surface area (Å²) in [7, 11) is 0. The molecule has 2 heteroatoms. The minimum Gasteiger partial charge on any atom is -0.378 e. The lowest BCUT2D eigenvalue weighted by Crippen LogP contribution is -2.32. The molecule has 2 rings (SSSR count). The van der Waals surface area contributed by atoms with Crippen molar-refractivity contribution in [1.29, 1.82) is 0 Å². The van der Waals surface area contributed by atoms with Gasteiger partial charge < -0.3 is 9.64 Å². The number of hydrogen-bond acceptors (Lipinski definition) is 2. The predicted molar refractivity (Wildman–Crippen MR) is 53.6 cm³/mol. The molecule has 0 N–H and O–H groups in total. The van der Waals surface area contributed by atoms with Gasteiger partial charge in [0, 0.05) is 13.1 Å². The molecule has 0 unspecified atom stereocenters. The lowest BCUT2D eigenvalue weighted by molar-refractivity contribution is 0.0588. The van der Waals surface area contributed by atoms with E-state index < -0.39 is 0 Å². The molecule has 1 heterocycles. The van der Waals surface area contributed by atoms with Crippen LogP contribution in [0.25, 0.3) is 0 Å². The van der Waals surface area contributed by atoms with Crippen molar-refractivity contribution in [2.75, 3.05) is 26.3 Å². The number of rotatable bonds is 1. The minimum absolute atomic E-state index is 0.907. The maximum Gasteiger partial charge on any atom is 0.0642 e. The summed E-state index contributed by atoms with van der Waals surface area (Å²) in [5.74, 6) is 0. The highest BCUT2D eigenvalue weighted by atomic mass is 16.5. The van der Waals surface area contributed by atoms with Crippen molar-refractivity contribution in [3.63, 3.8) is 0 Å². The highest BCUT2D eigenvalue weighted by Gasteiger charge is 2.09. The Balaban J connectivity index is 1.85. The van der Waals surface area contributed by atoms with Crippen LogP contribution in [0.2, 0.25) is 0 Å². The van der Waals surface area contributed by atoms with Crippen LogP contribution in [0.5, 0.6) is 0 Å². The molecule has 1 saturated heterocycles. The Morgan fingerprint density at radius 2 is 1.69 bits per heavy atom. The van der Waals surface area contributed by atoms with E-state index in [4.69, 9.17) is 4.74 Å². The van der Waals surface area contributed by atoms with E-state index >= 15 is 0 Å². The third-order valence-corrected chi connectivity index (χ3v) is 2.91. The van der Waals surface area contributed by atoms with Crippen molar-refractivity contribution in [3.8, 4) is 0 Å². The van der Waals surface area contributed by atoms with Gasteiger partial charge in [-0.3, -0.25) is 0 Å². The van der Waals surface area contributed by atoms with Crippen LogP contribution in [0.1, 0.15) is 32.1 Å². The van der Waals surface area contributed by atoms with Crippen molar-refractivity contribution in [2.24, 2.45) is 0 Å². The van der Waals surface area contributed by atoms with Gasteiger partial charge >= 0.3 is 0 Å². The third kappa shape index (κ3) is 2.73. The summed E-state index contributed by atoms with van der Waals surface area (Å²) in [6.45, 7) is 3.99. The molecule has 13 heavy (non-hydrogen) atoms. The Morgan fingerprint density at radius 3 is 2.38 bits per heavy atom. The van der Waals surface area contributed by atoms with Gasteiger partial charge in [0.15, 0.2) is 0 Å². The Bertz CT molecular complexity index is 175. The first-order valence-corrected chi connectivity index (χ1v) is 5.46. The summed E-state index contributed by atoms with van der Waals surface area (Å²) in [5, 5.41) is 0. The van der Waals surface area contributed by atoms with E-state index in [0.717, 1.165) is 26.3 Å². The van der Waals surface area contributed by atoms with Gasteiger partial charge in [-0.25, -0.2) is 0 Å². The molecule has 0 bridgehead atoms. The standard InChI is InChI=1S/C11H19NO/c1-2-4-11(5-3-1)10-12-6-8-13-9-7-12/h10H,1-9H2. The molecule has 0 amide bonds.